The average molecular weight is 251 g/mol. The molecule has 0 bridgehead atoms. The zero-order valence-electron chi connectivity index (χ0n) is 10.1. The summed E-state index contributed by atoms with van der Waals surface area (Å²) >= 11 is 0. The summed E-state index contributed by atoms with van der Waals surface area (Å²) in [6.45, 7) is 3.73. The summed E-state index contributed by atoms with van der Waals surface area (Å²) in [6.07, 6.45) is 5.98. The number of aryl methyl sites for hydroxylation is 1. The van der Waals surface area contributed by atoms with Gasteiger partial charge in [-0.1, -0.05) is 24.3 Å². The van der Waals surface area contributed by atoms with Gasteiger partial charge in [0.05, 0.1) is 0 Å². The Morgan fingerprint density at radius 3 is 2.82 bits per heavy atom. The Morgan fingerprint density at radius 2 is 2.12 bits per heavy atom. The van der Waals surface area contributed by atoms with E-state index in [1.165, 1.54) is 16.5 Å². The van der Waals surface area contributed by atoms with Gasteiger partial charge < -0.3 is 10.3 Å². The fourth-order valence-corrected chi connectivity index (χ4v) is 2.12. The van der Waals surface area contributed by atoms with E-state index >= 15 is 0 Å². The van der Waals surface area contributed by atoms with Crippen molar-refractivity contribution < 1.29 is 0 Å². The van der Waals surface area contributed by atoms with E-state index in [9.17, 15) is 0 Å². The second kappa shape index (κ2) is 5.89. The van der Waals surface area contributed by atoms with Crippen LogP contribution in [0.15, 0.2) is 43.1 Å². The highest BCUT2D eigenvalue weighted by Crippen LogP contribution is 2.26. The number of allylic oxidation sites excluding steroid dienone is 1. The minimum atomic E-state index is 0. The number of halogens is 1. The molecule has 0 radical (unpaired) electrons. The molecule has 2 N–H and O–H groups in total. The van der Waals surface area contributed by atoms with Crippen LogP contribution in [0.3, 0.4) is 0 Å². The Morgan fingerprint density at radius 1 is 1.41 bits per heavy atom. The van der Waals surface area contributed by atoms with Gasteiger partial charge in [-0.05, 0) is 24.5 Å². The first-order chi connectivity index (χ1) is 7.74. The molecule has 1 heterocycles. The van der Waals surface area contributed by atoms with E-state index in [0.717, 1.165) is 12.8 Å². The number of hydrogen-bond donors (Lipinski definition) is 1. The molecule has 2 rings (SSSR count). The van der Waals surface area contributed by atoms with Gasteiger partial charge in [0.25, 0.3) is 0 Å². The molecule has 1 aromatic heterocycles. The SMILES string of the molecule is C=CCC[C@@H](N)c1cn(C)c2ccccc12.Cl. The molecule has 0 spiro atoms. The quantitative estimate of drug-likeness (QED) is 0.827. The summed E-state index contributed by atoms with van der Waals surface area (Å²) < 4.78 is 2.14. The normalized spacial score (nSPS) is 12.1. The summed E-state index contributed by atoms with van der Waals surface area (Å²) in [5.41, 5.74) is 8.68. The van der Waals surface area contributed by atoms with Crippen LogP contribution in [-0.2, 0) is 7.05 Å². The molecule has 0 aliphatic carbocycles. The highest BCUT2D eigenvalue weighted by atomic mass is 35.5. The second-order valence-electron chi connectivity index (χ2n) is 4.19. The van der Waals surface area contributed by atoms with Crippen molar-refractivity contribution in [3.05, 3.63) is 48.7 Å². The fourth-order valence-electron chi connectivity index (χ4n) is 2.12. The fraction of sp³-hybridized carbons (Fsp3) is 0.286. The van der Waals surface area contributed by atoms with Crippen LogP contribution in [0.5, 0.6) is 0 Å². The van der Waals surface area contributed by atoms with Crippen molar-refractivity contribution in [2.45, 2.75) is 18.9 Å². The van der Waals surface area contributed by atoms with E-state index in [1.54, 1.807) is 0 Å². The molecular weight excluding hydrogens is 232 g/mol. The Labute approximate surface area is 109 Å². The van der Waals surface area contributed by atoms with Crippen molar-refractivity contribution in [3.63, 3.8) is 0 Å². The van der Waals surface area contributed by atoms with Gasteiger partial charge in [0.1, 0.15) is 0 Å². The predicted octanol–water partition coefficient (Wildman–Crippen LogP) is 3.57. The Bertz CT molecular complexity index is 502. The number of benzene rings is 1. The Kier molecular flexibility index (Phi) is 4.79. The third-order valence-corrected chi connectivity index (χ3v) is 3.01. The number of fused-ring (bicyclic) bond motifs is 1. The van der Waals surface area contributed by atoms with Crippen molar-refractivity contribution in [2.24, 2.45) is 12.8 Å². The van der Waals surface area contributed by atoms with Crippen molar-refractivity contribution >= 4 is 23.3 Å². The Balaban J connectivity index is 0.00000144. The first-order valence-electron chi connectivity index (χ1n) is 5.64. The maximum atomic E-state index is 6.20. The monoisotopic (exact) mass is 250 g/mol. The third kappa shape index (κ3) is 2.71. The highest BCUT2D eigenvalue weighted by Gasteiger charge is 2.11. The first kappa shape index (κ1) is 13.8. The molecule has 0 unspecified atom stereocenters. The standard InChI is InChI=1S/C14H18N2.ClH/c1-3-4-8-13(15)12-10-16(2)14-9-6-5-7-11(12)14;/h3,5-7,9-10,13H,1,4,8,15H2,2H3;1H/t13-;/m1./s1. The smallest absolute Gasteiger partial charge is 0.0481 e. The largest absolute Gasteiger partial charge is 0.350 e. The number of para-hydroxylation sites is 1. The molecule has 17 heavy (non-hydrogen) atoms. The van der Waals surface area contributed by atoms with Gasteiger partial charge in [-0.3, -0.25) is 0 Å². The molecule has 3 heteroatoms. The van der Waals surface area contributed by atoms with E-state index < -0.39 is 0 Å². The molecule has 0 aliphatic heterocycles. The van der Waals surface area contributed by atoms with Crippen LogP contribution in [0.1, 0.15) is 24.4 Å². The number of nitrogens with two attached hydrogens (primary N) is 1. The zero-order valence-corrected chi connectivity index (χ0v) is 10.9. The van der Waals surface area contributed by atoms with Crippen LogP contribution >= 0.6 is 12.4 Å². The highest BCUT2D eigenvalue weighted by molar-refractivity contribution is 5.85. The maximum Gasteiger partial charge on any atom is 0.0481 e. The lowest BCUT2D eigenvalue weighted by Gasteiger charge is -2.08. The molecule has 0 fully saturated rings. The Hall–Kier alpha value is -1.25. The summed E-state index contributed by atoms with van der Waals surface area (Å²) in [4.78, 5) is 0. The molecule has 1 aromatic carbocycles. The molecule has 1 atom stereocenters. The lowest BCUT2D eigenvalue weighted by Crippen LogP contribution is -2.09. The van der Waals surface area contributed by atoms with Gasteiger partial charge in [-0.15, -0.1) is 19.0 Å². The number of aromatic nitrogens is 1. The minimum absolute atomic E-state index is 0. The molecular formula is C14H19ClN2. The first-order valence-corrected chi connectivity index (χ1v) is 5.64. The van der Waals surface area contributed by atoms with Gasteiger partial charge in [0.15, 0.2) is 0 Å². The summed E-state index contributed by atoms with van der Waals surface area (Å²) in [5.74, 6) is 0. The van der Waals surface area contributed by atoms with Gasteiger partial charge in [0, 0.05) is 30.2 Å². The van der Waals surface area contributed by atoms with Crippen LogP contribution in [0, 0.1) is 0 Å². The molecule has 0 aliphatic rings. The number of nitrogens with zero attached hydrogens (tertiary/aromatic N) is 1. The van der Waals surface area contributed by atoms with E-state index in [1.807, 2.05) is 6.08 Å². The second-order valence-corrected chi connectivity index (χ2v) is 4.19. The van der Waals surface area contributed by atoms with Gasteiger partial charge in [0.2, 0.25) is 0 Å². The number of rotatable bonds is 4. The lowest BCUT2D eigenvalue weighted by molar-refractivity contribution is 0.663. The predicted molar refractivity (Wildman–Crippen MR) is 76.5 cm³/mol. The molecule has 92 valence electrons. The third-order valence-electron chi connectivity index (χ3n) is 3.01. The van der Waals surface area contributed by atoms with E-state index in [2.05, 4.69) is 48.7 Å². The average Bonchev–Trinajstić information content (AvgIpc) is 2.65. The van der Waals surface area contributed by atoms with Crippen LogP contribution in [0.25, 0.3) is 10.9 Å². The zero-order chi connectivity index (χ0) is 11.5. The van der Waals surface area contributed by atoms with Crippen LogP contribution < -0.4 is 5.73 Å². The molecule has 2 aromatic rings. The van der Waals surface area contributed by atoms with Crippen molar-refractivity contribution in [3.8, 4) is 0 Å². The summed E-state index contributed by atoms with van der Waals surface area (Å²) in [7, 11) is 2.06. The summed E-state index contributed by atoms with van der Waals surface area (Å²) in [5, 5.41) is 1.27. The molecule has 0 saturated heterocycles. The van der Waals surface area contributed by atoms with Gasteiger partial charge in [-0.2, -0.15) is 0 Å². The van der Waals surface area contributed by atoms with Crippen LogP contribution in [0.2, 0.25) is 0 Å². The van der Waals surface area contributed by atoms with Crippen molar-refractivity contribution in [2.75, 3.05) is 0 Å². The number of hydrogen-bond acceptors (Lipinski definition) is 1. The molecule has 0 saturated carbocycles. The topological polar surface area (TPSA) is 30.9 Å². The van der Waals surface area contributed by atoms with E-state index in [-0.39, 0.29) is 18.4 Å². The summed E-state index contributed by atoms with van der Waals surface area (Å²) in [6, 6.07) is 8.48. The van der Waals surface area contributed by atoms with E-state index in [4.69, 9.17) is 5.73 Å². The van der Waals surface area contributed by atoms with E-state index in [0.29, 0.717) is 0 Å². The van der Waals surface area contributed by atoms with Gasteiger partial charge >= 0.3 is 0 Å². The van der Waals surface area contributed by atoms with Crippen molar-refractivity contribution in [1.29, 1.82) is 0 Å². The van der Waals surface area contributed by atoms with Crippen LogP contribution in [-0.4, -0.2) is 4.57 Å². The van der Waals surface area contributed by atoms with Gasteiger partial charge in [-0.25, -0.2) is 0 Å². The minimum Gasteiger partial charge on any atom is -0.350 e. The molecule has 0 amide bonds. The maximum absolute atomic E-state index is 6.20. The van der Waals surface area contributed by atoms with Crippen molar-refractivity contribution in [1.82, 2.24) is 4.57 Å². The molecule has 2 nitrogen and oxygen atoms in total. The lowest BCUT2D eigenvalue weighted by atomic mass is 10.0. The van der Waals surface area contributed by atoms with Crippen LogP contribution in [0.4, 0.5) is 0 Å².